The molecule has 1 amide bonds. The summed E-state index contributed by atoms with van der Waals surface area (Å²) in [5.41, 5.74) is 6.04. The highest BCUT2D eigenvalue weighted by atomic mass is 16.2. The Morgan fingerprint density at radius 2 is 1.73 bits per heavy atom. The van der Waals surface area contributed by atoms with Gasteiger partial charge in [-0.1, -0.05) is 66.7 Å². The van der Waals surface area contributed by atoms with Crippen LogP contribution >= 0.6 is 0 Å². The summed E-state index contributed by atoms with van der Waals surface area (Å²) in [5.74, 6) is 0.583. The number of benzene rings is 3. The van der Waals surface area contributed by atoms with E-state index < -0.39 is 0 Å². The van der Waals surface area contributed by atoms with Gasteiger partial charge in [0.2, 0.25) is 5.91 Å². The number of hydrogen-bond donors (Lipinski definition) is 1. The molecule has 0 bridgehead atoms. The van der Waals surface area contributed by atoms with Gasteiger partial charge in [-0.3, -0.25) is 9.78 Å². The van der Waals surface area contributed by atoms with E-state index in [0.717, 1.165) is 17.4 Å². The molecule has 1 aromatic heterocycles. The number of nitrogens with zero attached hydrogens (tertiary/aromatic N) is 1. The number of aryl methyl sites for hydroxylation is 1. The molecule has 0 spiro atoms. The molecule has 1 saturated carbocycles. The highest BCUT2D eigenvalue weighted by Gasteiger charge is 2.43. The third-order valence-electron chi connectivity index (χ3n) is 6.15. The van der Waals surface area contributed by atoms with Gasteiger partial charge in [-0.25, -0.2) is 0 Å². The van der Waals surface area contributed by atoms with Gasteiger partial charge in [-0.2, -0.15) is 0 Å². The summed E-state index contributed by atoms with van der Waals surface area (Å²) >= 11 is 0. The molecule has 3 nitrogen and oxygen atoms in total. The quantitative estimate of drug-likeness (QED) is 0.478. The van der Waals surface area contributed by atoms with Crippen LogP contribution in [0.25, 0.3) is 21.9 Å². The molecule has 148 valence electrons. The predicted octanol–water partition coefficient (Wildman–Crippen LogP) is 5.63. The number of nitrogens with one attached hydrogen (secondary N) is 1. The third-order valence-corrected chi connectivity index (χ3v) is 6.15. The van der Waals surface area contributed by atoms with Crippen LogP contribution < -0.4 is 5.32 Å². The summed E-state index contributed by atoms with van der Waals surface area (Å²) < 4.78 is 0. The van der Waals surface area contributed by atoms with Gasteiger partial charge in [-0.15, -0.1) is 0 Å². The summed E-state index contributed by atoms with van der Waals surface area (Å²) in [6.07, 6.45) is 4.67. The summed E-state index contributed by atoms with van der Waals surface area (Å²) in [6.45, 7) is 2.66. The van der Waals surface area contributed by atoms with E-state index in [9.17, 15) is 4.79 Å². The van der Waals surface area contributed by atoms with Gasteiger partial charge >= 0.3 is 0 Å². The van der Waals surface area contributed by atoms with E-state index in [2.05, 4.69) is 71.8 Å². The third kappa shape index (κ3) is 3.48. The van der Waals surface area contributed by atoms with Crippen molar-refractivity contribution in [2.75, 3.05) is 0 Å². The second-order valence-corrected chi connectivity index (χ2v) is 8.09. The minimum absolute atomic E-state index is 0.0861. The second-order valence-electron chi connectivity index (χ2n) is 8.09. The number of aromatic nitrogens is 1. The Labute approximate surface area is 176 Å². The lowest BCUT2D eigenvalue weighted by atomic mass is 9.94. The number of amides is 1. The fraction of sp³-hybridized carbons (Fsp3) is 0.185. The van der Waals surface area contributed by atoms with Crippen molar-refractivity contribution in [2.24, 2.45) is 5.92 Å². The second kappa shape index (κ2) is 7.75. The molecule has 0 radical (unpaired) electrons. The molecule has 5 rings (SSSR count). The van der Waals surface area contributed by atoms with Gasteiger partial charge < -0.3 is 5.32 Å². The molecule has 1 N–H and O–H groups in total. The zero-order valence-corrected chi connectivity index (χ0v) is 17.0. The Morgan fingerprint density at radius 3 is 2.57 bits per heavy atom. The molecular formula is C27H24N2O. The Balaban J connectivity index is 1.37. The van der Waals surface area contributed by atoms with Crippen LogP contribution in [0.5, 0.6) is 0 Å². The van der Waals surface area contributed by atoms with E-state index >= 15 is 0 Å². The molecule has 0 unspecified atom stereocenters. The predicted molar refractivity (Wildman–Crippen MR) is 121 cm³/mol. The van der Waals surface area contributed by atoms with Crippen molar-refractivity contribution >= 4 is 16.7 Å². The molecule has 1 aliphatic rings. The lowest BCUT2D eigenvalue weighted by molar-refractivity contribution is -0.122. The smallest absolute Gasteiger partial charge is 0.224 e. The fourth-order valence-electron chi connectivity index (χ4n) is 4.38. The van der Waals surface area contributed by atoms with E-state index in [0.29, 0.717) is 12.5 Å². The standard InChI is InChI=1S/C27H24N2O/c1-18-7-5-6-10-21(18)22-12-11-20(26-17-28-14-13-23(22)26)16-29-27(30)25-15-24(25)19-8-3-2-4-9-19/h2-14,17,24-25H,15-16H2,1H3,(H,29,30)/t24-,25-/m0/s1. The first kappa shape index (κ1) is 18.6. The van der Waals surface area contributed by atoms with Crippen molar-refractivity contribution in [3.63, 3.8) is 0 Å². The first-order valence-electron chi connectivity index (χ1n) is 10.5. The Bertz CT molecular complexity index is 1220. The highest BCUT2D eigenvalue weighted by Crippen LogP contribution is 2.47. The minimum Gasteiger partial charge on any atom is -0.352 e. The topological polar surface area (TPSA) is 42.0 Å². The molecule has 1 heterocycles. The summed E-state index contributed by atoms with van der Waals surface area (Å²) in [5, 5.41) is 5.41. The van der Waals surface area contributed by atoms with Gasteiger partial charge in [0.1, 0.15) is 0 Å². The zero-order chi connectivity index (χ0) is 20.5. The minimum atomic E-state index is 0.0861. The molecule has 2 atom stereocenters. The van der Waals surface area contributed by atoms with Crippen molar-refractivity contribution in [1.82, 2.24) is 10.3 Å². The summed E-state index contributed by atoms with van der Waals surface area (Å²) in [7, 11) is 0. The molecule has 3 aromatic carbocycles. The molecule has 4 aromatic rings. The summed E-state index contributed by atoms with van der Waals surface area (Å²) in [6, 6.07) is 25.1. The van der Waals surface area contributed by atoms with Crippen molar-refractivity contribution < 1.29 is 4.79 Å². The number of fused-ring (bicyclic) bond motifs is 1. The average Bonchev–Trinajstić information content (AvgIpc) is 3.60. The van der Waals surface area contributed by atoms with Gasteiger partial charge in [-0.05, 0) is 58.5 Å². The summed E-state index contributed by atoms with van der Waals surface area (Å²) in [4.78, 5) is 17.0. The molecule has 1 aliphatic carbocycles. The van der Waals surface area contributed by atoms with Crippen LogP contribution in [0.1, 0.15) is 29.0 Å². The van der Waals surface area contributed by atoms with Crippen LogP contribution in [-0.4, -0.2) is 10.9 Å². The Hall–Kier alpha value is -3.46. The van der Waals surface area contributed by atoms with E-state index in [1.807, 2.05) is 30.6 Å². The van der Waals surface area contributed by atoms with E-state index in [-0.39, 0.29) is 11.8 Å². The SMILES string of the molecule is Cc1ccccc1-c1ccc(CNC(=O)[C@H]2C[C@H]2c2ccccc2)c2cnccc12. The van der Waals surface area contributed by atoms with Crippen LogP contribution in [0, 0.1) is 12.8 Å². The zero-order valence-electron chi connectivity index (χ0n) is 17.0. The van der Waals surface area contributed by atoms with Crippen LogP contribution in [0.3, 0.4) is 0 Å². The van der Waals surface area contributed by atoms with Crippen LogP contribution in [0.4, 0.5) is 0 Å². The molecule has 0 saturated heterocycles. The van der Waals surface area contributed by atoms with Crippen molar-refractivity contribution in [1.29, 1.82) is 0 Å². The Kier molecular flexibility index (Phi) is 4.80. The molecule has 0 aliphatic heterocycles. The molecule has 1 fully saturated rings. The maximum Gasteiger partial charge on any atom is 0.224 e. The van der Waals surface area contributed by atoms with Gasteiger partial charge in [0, 0.05) is 30.2 Å². The van der Waals surface area contributed by atoms with Crippen molar-refractivity contribution in [3.05, 3.63) is 102 Å². The normalized spacial score (nSPS) is 17.6. The fourth-order valence-corrected chi connectivity index (χ4v) is 4.38. The lowest BCUT2D eigenvalue weighted by Crippen LogP contribution is -2.25. The number of rotatable bonds is 5. The first-order chi connectivity index (χ1) is 14.7. The van der Waals surface area contributed by atoms with Crippen LogP contribution in [0.2, 0.25) is 0 Å². The maximum atomic E-state index is 12.7. The number of carbonyl (C=O) groups excluding carboxylic acids is 1. The average molecular weight is 393 g/mol. The lowest BCUT2D eigenvalue weighted by Gasteiger charge is -2.13. The molecule has 3 heteroatoms. The maximum absolute atomic E-state index is 12.7. The van der Waals surface area contributed by atoms with Gasteiger partial charge in [0.25, 0.3) is 0 Å². The largest absolute Gasteiger partial charge is 0.352 e. The van der Waals surface area contributed by atoms with E-state index in [4.69, 9.17) is 0 Å². The van der Waals surface area contributed by atoms with Gasteiger partial charge in [0.15, 0.2) is 0 Å². The molecular weight excluding hydrogens is 368 g/mol. The molecule has 30 heavy (non-hydrogen) atoms. The van der Waals surface area contributed by atoms with Gasteiger partial charge in [0.05, 0.1) is 0 Å². The Morgan fingerprint density at radius 1 is 0.933 bits per heavy atom. The number of hydrogen-bond acceptors (Lipinski definition) is 2. The van der Waals surface area contributed by atoms with Crippen molar-refractivity contribution in [2.45, 2.75) is 25.8 Å². The first-order valence-corrected chi connectivity index (χ1v) is 10.5. The van der Waals surface area contributed by atoms with E-state index in [1.165, 1.54) is 27.6 Å². The monoisotopic (exact) mass is 392 g/mol. The van der Waals surface area contributed by atoms with Crippen LogP contribution in [0.15, 0.2) is 85.2 Å². The van der Waals surface area contributed by atoms with E-state index in [1.54, 1.807) is 0 Å². The van der Waals surface area contributed by atoms with Crippen molar-refractivity contribution in [3.8, 4) is 11.1 Å². The highest BCUT2D eigenvalue weighted by molar-refractivity contribution is 5.98. The van der Waals surface area contributed by atoms with Crippen LogP contribution in [-0.2, 0) is 11.3 Å². The number of pyridine rings is 1. The number of carbonyl (C=O) groups is 1.